The predicted octanol–water partition coefficient (Wildman–Crippen LogP) is 8.31. The average Bonchev–Trinajstić information content (AvgIpc) is 3.37. The van der Waals surface area contributed by atoms with Crippen LogP contribution in [0.25, 0.3) is 0 Å². The first-order valence-corrected chi connectivity index (χ1v) is 29.4. The lowest BCUT2D eigenvalue weighted by Gasteiger charge is -2.46. The number of unbranched alkanes of at least 4 members (excludes halogenated alkanes) is 33. The Morgan fingerprint density at radius 1 is 0.465 bits per heavy atom. The Hall–Kier alpha value is -1.05. The van der Waals surface area contributed by atoms with Crippen LogP contribution in [0, 0.1) is 0 Å². The molecule has 2 aliphatic rings. The second-order valence-electron chi connectivity index (χ2n) is 21.3. The number of amides is 1. The van der Waals surface area contributed by atoms with Gasteiger partial charge in [-0.15, -0.1) is 0 Å². The molecule has 13 atom stereocenters. The highest BCUT2D eigenvalue weighted by atomic mass is 16.8. The first-order valence-electron chi connectivity index (χ1n) is 29.4. The van der Waals surface area contributed by atoms with Gasteiger partial charge in [-0.25, -0.2) is 0 Å². The summed E-state index contributed by atoms with van der Waals surface area (Å²) in [4.78, 5) is 13.4. The number of hydrogen-bond donors (Lipinski definition) is 10. The fourth-order valence-corrected chi connectivity index (χ4v) is 10.1. The molecule has 0 spiro atoms. The summed E-state index contributed by atoms with van der Waals surface area (Å²) < 4.78 is 23.0. The first-order chi connectivity index (χ1) is 34.5. The van der Waals surface area contributed by atoms with Gasteiger partial charge in [-0.3, -0.25) is 4.79 Å². The molecule has 71 heavy (non-hydrogen) atoms. The molecule has 1 amide bonds. The normalized spacial score (nSPS) is 26.1. The quantitative estimate of drug-likeness (QED) is 0.0258. The van der Waals surface area contributed by atoms with Gasteiger partial charge in [-0.05, 0) is 12.8 Å². The van der Waals surface area contributed by atoms with Crippen molar-refractivity contribution in [2.45, 2.75) is 331 Å². The number of carbonyl (C=O) groups is 1. The van der Waals surface area contributed by atoms with Crippen LogP contribution in [0.15, 0.2) is 0 Å². The minimum atomic E-state index is -1.84. The van der Waals surface area contributed by atoms with Crippen LogP contribution in [-0.2, 0) is 23.7 Å². The molecule has 2 rings (SSSR count). The molecule has 0 aromatic rings. The van der Waals surface area contributed by atoms with Gasteiger partial charge < -0.3 is 70.2 Å². The van der Waals surface area contributed by atoms with Crippen LogP contribution in [0.2, 0.25) is 0 Å². The van der Waals surface area contributed by atoms with Crippen molar-refractivity contribution in [1.29, 1.82) is 0 Å². The van der Waals surface area contributed by atoms with Crippen molar-refractivity contribution >= 4 is 5.91 Å². The van der Waals surface area contributed by atoms with Crippen molar-refractivity contribution in [3.63, 3.8) is 0 Å². The van der Waals surface area contributed by atoms with Gasteiger partial charge in [0.05, 0.1) is 32.0 Å². The molecule has 0 aromatic heterocycles. The predicted molar refractivity (Wildman–Crippen MR) is 278 cm³/mol. The van der Waals surface area contributed by atoms with Gasteiger partial charge in [0.25, 0.3) is 0 Å². The Labute approximate surface area is 430 Å². The van der Waals surface area contributed by atoms with Gasteiger partial charge in [0.1, 0.15) is 54.9 Å². The molecule has 15 heteroatoms. The van der Waals surface area contributed by atoms with Crippen LogP contribution in [0.5, 0.6) is 0 Å². The molecule has 422 valence electrons. The monoisotopic (exact) mass is 1020 g/mol. The van der Waals surface area contributed by atoms with Gasteiger partial charge in [-0.1, -0.05) is 232 Å². The molecule has 2 heterocycles. The number of carbonyl (C=O) groups excluding carboxylic acids is 1. The summed E-state index contributed by atoms with van der Waals surface area (Å²) in [6.45, 7) is 2.61. The van der Waals surface area contributed by atoms with Gasteiger partial charge in [0, 0.05) is 6.42 Å². The summed E-state index contributed by atoms with van der Waals surface area (Å²) in [5.41, 5.74) is 0. The number of hydrogen-bond acceptors (Lipinski definition) is 14. The number of nitrogens with one attached hydrogen (secondary N) is 1. The van der Waals surface area contributed by atoms with Crippen molar-refractivity contribution in [1.82, 2.24) is 5.32 Å². The lowest BCUT2D eigenvalue weighted by molar-refractivity contribution is -0.368. The summed E-state index contributed by atoms with van der Waals surface area (Å²) in [5, 5.41) is 98.2. The van der Waals surface area contributed by atoms with Gasteiger partial charge >= 0.3 is 0 Å². The largest absolute Gasteiger partial charge is 0.394 e. The Balaban J connectivity index is 1.81. The van der Waals surface area contributed by atoms with Crippen LogP contribution >= 0.6 is 0 Å². The highest BCUT2D eigenvalue weighted by Crippen LogP contribution is 2.30. The van der Waals surface area contributed by atoms with E-state index >= 15 is 0 Å². The van der Waals surface area contributed by atoms with E-state index in [1.54, 1.807) is 0 Å². The van der Waals surface area contributed by atoms with Gasteiger partial charge in [0.15, 0.2) is 12.6 Å². The van der Waals surface area contributed by atoms with E-state index in [-0.39, 0.29) is 12.3 Å². The lowest BCUT2D eigenvalue weighted by Crippen LogP contribution is -2.65. The molecule has 0 bridgehead atoms. The highest BCUT2D eigenvalue weighted by molar-refractivity contribution is 5.76. The van der Waals surface area contributed by atoms with E-state index in [0.29, 0.717) is 19.3 Å². The molecule has 10 N–H and O–H groups in total. The standard InChI is InChI=1S/C56H109NO14/c1-3-5-7-9-11-13-15-17-18-19-20-21-22-23-24-25-26-27-29-31-33-35-37-39-47(61)57-43(48(62)44(60)38-36-34-32-30-28-16-14-12-10-8-6-4-2)42-68-56-54(52(66)50(64)46(41-59)70-56)71-55-53(67)51(65)49(63)45(40-58)69-55/h43-46,48-56,58-60,62-67H,3-42H2,1-2H3,(H,57,61)/t43-,44+,45+,46+,48-,49-,50-,51-,52-,53+,54+,55+,56-/m0/s1. The summed E-state index contributed by atoms with van der Waals surface area (Å²) in [7, 11) is 0. The summed E-state index contributed by atoms with van der Waals surface area (Å²) in [6.07, 6.45) is 24.7. The fraction of sp³-hybridized carbons (Fsp3) is 0.982. The van der Waals surface area contributed by atoms with Crippen molar-refractivity contribution in [3.05, 3.63) is 0 Å². The van der Waals surface area contributed by atoms with Gasteiger partial charge in [-0.2, -0.15) is 0 Å². The molecule has 15 nitrogen and oxygen atoms in total. The zero-order valence-electron chi connectivity index (χ0n) is 44.9. The topological polar surface area (TPSA) is 248 Å². The molecule has 0 aromatic carbocycles. The molecule has 0 saturated carbocycles. The summed E-state index contributed by atoms with van der Waals surface area (Å²) in [5.74, 6) is -0.332. The van der Waals surface area contributed by atoms with Crippen LogP contribution in [0.3, 0.4) is 0 Å². The van der Waals surface area contributed by atoms with E-state index in [1.807, 2.05) is 0 Å². The smallest absolute Gasteiger partial charge is 0.220 e. The molecule has 0 unspecified atom stereocenters. The molecule has 0 aliphatic carbocycles. The molecule has 0 radical (unpaired) electrons. The van der Waals surface area contributed by atoms with Crippen molar-refractivity contribution in [3.8, 4) is 0 Å². The molecule has 2 saturated heterocycles. The van der Waals surface area contributed by atoms with Crippen LogP contribution < -0.4 is 5.32 Å². The van der Waals surface area contributed by atoms with Crippen molar-refractivity contribution < 1.29 is 69.7 Å². The van der Waals surface area contributed by atoms with Crippen LogP contribution in [0.4, 0.5) is 0 Å². The molecule has 2 aliphatic heterocycles. The summed E-state index contributed by atoms with van der Waals surface area (Å²) >= 11 is 0. The fourth-order valence-electron chi connectivity index (χ4n) is 10.1. The Bertz CT molecular complexity index is 1220. The second-order valence-corrected chi connectivity index (χ2v) is 21.3. The van der Waals surface area contributed by atoms with Gasteiger partial charge in [0.2, 0.25) is 5.91 Å². The third-order valence-corrected chi connectivity index (χ3v) is 14.9. The maximum Gasteiger partial charge on any atom is 0.220 e. The lowest BCUT2D eigenvalue weighted by atomic mass is 9.97. The van der Waals surface area contributed by atoms with E-state index in [4.69, 9.17) is 18.9 Å². The Morgan fingerprint density at radius 3 is 1.21 bits per heavy atom. The zero-order valence-corrected chi connectivity index (χ0v) is 44.9. The first kappa shape index (κ1) is 66.1. The second kappa shape index (κ2) is 43.1. The number of aliphatic hydroxyl groups excluding tert-OH is 9. The highest BCUT2D eigenvalue weighted by Gasteiger charge is 2.51. The minimum Gasteiger partial charge on any atom is -0.394 e. The SMILES string of the molecule is CCCCCCCCCCCCCCCCCCCCCCCCCC(=O)N[C@@H](CO[C@H]1O[C@H](CO)[C@H](O)[C@H](O)[C@H]1O[C@H]1O[C@H](CO)[C@H](O)[C@H](O)[C@H]1O)[C@H](O)[C@H](O)CCCCCCCCCCCCCC. The van der Waals surface area contributed by atoms with E-state index < -0.39 is 99.5 Å². The van der Waals surface area contributed by atoms with Crippen molar-refractivity contribution in [2.75, 3.05) is 19.8 Å². The third kappa shape index (κ3) is 29.2. The van der Waals surface area contributed by atoms with Crippen LogP contribution in [-0.4, -0.2) is 151 Å². The summed E-state index contributed by atoms with van der Waals surface area (Å²) in [6, 6.07) is -1.13. The van der Waals surface area contributed by atoms with Crippen molar-refractivity contribution in [2.24, 2.45) is 0 Å². The number of ether oxygens (including phenoxy) is 4. The number of rotatable bonds is 47. The van der Waals surface area contributed by atoms with Crippen LogP contribution in [0.1, 0.15) is 251 Å². The molecule has 2 fully saturated rings. The van der Waals surface area contributed by atoms with E-state index in [9.17, 15) is 50.8 Å². The van der Waals surface area contributed by atoms with E-state index in [1.165, 1.54) is 173 Å². The van der Waals surface area contributed by atoms with E-state index in [2.05, 4.69) is 19.2 Å². The zero-order chi connectivity index (χ0) is 51.9. The third-order valence-electron chi connectivity index (χ3n) is 14.9. The Morgan fingerprint density at radius 2 is 0.817 bits per heavy atom. The Kier molecular flexibility index (Phi) is 40.1. The maximum atomic E-state index is 13.4. The maximum absolute atomic E-state index is 13.4. The average molecular weight is 1020 g/mol. The minimum absolute atomic E-state index is 0.206. The molecular weight excluding hydrogens is 911 g/mol. The molecular formula is C56H109NO14. The number of aliphatic hydroxyl groups is 9. The van der Waals surface area contributed by atoms with E-state index in [0.717, 1.165) is 38.5 Å².